The van der Waals surface area contributed by atoms with Gasteiger partial charge in [-0.25, -0.2) is 4.98 Å². The number of imide groups is 1. The highest BCUT2D eigenvalue weighted by Gasteiger charge is 2.33. The molecule has 0 aliphatic carbocycles. The number of carbonyl (C=O) groups excluding carboxylic acids is 2. The van der Waals surface area contributed by atoms with Gasteiger partial charge in [-0.3, -0.25) is 14.9 Å². The molecule has 2 amide bonds. The molecule has 1 aliphatic rings. The molecule has 0 saturated carbocycles. The number of rotatable bonds is 2. The number of aryl methyl sites for hydroxylation is 1. The molecule has 0 spiro atoms. The van der Waals surface area contributed by atoms with Gasteiger partial charge in [0.15, 0.2) is 0 Å². The van der Waals surface area contributed by atoms with Crippen molar-refractivity contribution in [3.63, 3.8) is 0 Å². The summed E-state index contributed by atoms with van der Waals surface area (Å²) in [4.78, 5) is 29.1. The Hall–Kier alpha value is -2.11. The fraction of sp³-hybridized carbons (Fsp3) is 0.417. The maximum atomic E-state index is 11.7. The van der Waals surface area contributed by atoms with Crippen molar-refractivity contribution in [3.8, 4) is 0 Å². The van der Waals surface area contributed by atoms with Gasteiger partial charge in [0.1, 0.15) is 11.9 Å². The Morgan fingerprint density at radius 3 is 2.89 bits per heavy atom. The Kier molecular flexibility index (Phi) is 3.18. The van der Waals surface area contributed by atoms with Crippen LogP contribution < -0.4 is 16.0 Å². The van der Waals surface area contributed by atoms with E-state index in [0.717, 1.165) is 5.56 Å². The van der Waals surface area contributed by atoms with Crippen molar-refractivity contribution in [2.75, 3.05) is 17.2 Å². The zero-order valence-electron chi connectivity index (χ0n) is 10.4. The van der Waals surface area contributed by atoms with Gasteiger partial charge >= 0.3 is 0 Å². The third-order valence-electron chi connectivity index (χ3n) is 3.07. The number of piperazine rings is 1. The van der Waals surface area contributed by atoms with E-state index in [9.17, 15) is 9.59 Å². The number of nitrogens with zero attached hydrogens (tertiary/aromatic N) is 2. The number of anilines is 2. The molecule has 18 heavy (non-hydrogen) atoms. The molecule has 1 fully saturated rings. The first-order valence-corrected chi connectivity index (χ1v) is 5.85. The zero-order chi connectivity index (χ0) is 13.3. The van der Waals surface area contributed by atoms with E-state index < -0.39 is 0 Å². The van der Waals surface area contributed by atoms with Crippen molar-refractivity contribution in [1.29, 1.82) is 0 Å². The van der Waals surface area contributed by atoms with E-state index in [1.807, 2.05) is 13.8 Å². The molecule has 2 rings (SSSR count). The summed E-state index contributed by atoms with van der Waals surface area (Å²) in [5.41, 5.74) is 7.19. The number of nitrogen functional groups attached to an aromatic ring is 1. The van der Waals surface area contributed by atoms with E-state index in [1.165, 1.54) is 0 Å². The van der Waals surface area contributed by atoms with Gasteiger partial charge in [0, 0.05) is 0 Å². The summed E-state index contributed by atoms with van der Waals surface area (Å²) in [5.74, 6) is 0.0303. The normalized spacial score (nSPS) is 19.9. The molecule has 0 aromatic carbocycles. The molecule has 0 bridgehead atoms. The number of pyridine rings is 1. The zero-order valence-corrected chi connectivity index (χ0v) is 10.4. The minimum Gasteiger partial charge on any atom is -0.397 e. The number of hydrogen-bond donors (Lipinski definition) is 2. The van der Waals surface area contributed by atoms with Crippen LogP contribution in [-0.2, 0) is 9.59 Å². The van der Waals surface area contributed by atoms with Crippen molar-refractivity contribution in [2.45, 2.75) is 26.3 Å². The van der Waals surface area contributed by atoms with Crippen LogP contribution in [0, 0.1) is 6.92 Å². The molecule has 2 heterocycles. The van der Waals surface area contributed by atoms with Crippen LogP contribution in [0.2, 0.25) is 0 Å². The van der Waals surface area contributed by atoms with Crippen LogP contribution >= 0.6 is 0 Å². The predicted octanol–water partition coefficient (Wildman–Crippen LogP) is 0.214. The second-order valence-corrected chi connectivity index (χ2v) is 4.36. The number of carbonyl (C=O) groups is 2. The van der Waals surface area contributed by atoms with Gasteiger partial charge < -0.3 is 10.6 Å². The first-order chi connectivity index (χ1) is 8.52. The molecule has 6 heteroatoms. The lowest BCUT2D eigenvalue weighted by atomic mass is 10.1. The summed E-state index contributed by atoms with van der Waals surface area (Å²) < 4.78 is 0. The smallest absolute Gasteiger partial charge is 0.249 e. The lowest BCUT2D eigenvalue weighted by Crippen LogP contribution is -2.58. The van der Waals surface area contributed by atoms with Crippen molar-refractivity contribution in [2.24, 2.45) is 0 Å². The summed E-state index contributed by atoms with van der Waals surface area (Å²) in [5, 5.41) is 2.33. The molecule has 1 aliphatic heterocycles. The first-order valence-electron chi connectivity index (χ1n) is 5.85. The van der Waals surface area contributed by atoms with Crippen molar-refractivity contribution < 1.29 is 9.59 Å². The average molecular weight is 248 g/mol. The Bertz CT molecular complexity index is 501. The van der Waals surface area contributed by atoms with Crippen LogP contribution in [0.3, 0.4) is 0 Å². The maximum Gasteiger partial charge on any atom is 0.249 e. The lowest BCUT2D eigenvalue weighted by molar-refractivity contribution is -0.132. The number of amides is 2. The van der Waals surface area contributed by atoms with Gasteiger partial charge in [0.25, 0.3) is 0 Å². The van der Waals surface area contributed by atoms with Crippen LogP contribution in [0.15, 0.2) is 12.3 Å². The summed E-state index contributed by atoms with van der Waals surface area (Å²) in [7, 11) is 0. The van der Waals surface area contributed by atoms with Crippen molar-refractivity contribution in [1.82, 2.24) is 10.3 Å². The van der Waals surface area contributed by atoms with Crippen LogP contribution in [0.4, 0.5) is 11.5 Å². The predicted molar refractivity (Wildman–Crippen MR) is 68.0 cm³/mol. The minimum atomic E-state index is -0.363. The molecule has 96 valence electrons. The van der Waals surface area contributed by atoms with E-state index in [-0.39, 0.29) is 24.4 Å². The summed E-state index contributed by atoms with van der Waals surface area (Å²) >= 11 is 0. The number of nitrogens with one attached hydrogen (secondary N) is 1. The van der Waals surface area contributed by atoms with Gasteiger partial charge in [0.2, 0.25) is 11.8 Å². The standard InChI is InChI=1S/C12H16N4O2/c1-3-9-12(18)15-11(17)6-16(9)10-4-7(2)8(13)5-14-10/h4-5,9H,3,6,13H2,1-2H3,(H,15,17,18). The maximum absolute atomic E-state index is 11.7. The third kappa shape index (κ3) is 2.13. The molecule has 1 atom stereocenters. The fourth-order valence-corrected chi connectivity index (χ4v) is 2.02. The van der Waals surface area contributed by atoms with Crippen molar-refractivity contribution >= 4 is 23.3 Å². The Morgan fingerprint density at radius 2 is 2.28 bits per heavy atom. The van der Waals surface area contributed by atoms with Crippen molar-refractivity contribution in [3.05, 3.63) is 17.8 Å². The fourth-order valence-electron chi connectivity index (χ4n) is 2.02. The quantitative estimate of drug-likeness (QED) is 0.731. The molecule has 1 aromatic rings. The number of hydrogen-bond acceptors (Lipinski definition) is 5. The lowest BCUT2D eigenvalue weighted by Gasteiger charge is -2.34. The van der Waals surface area contributed by atoms with E-state index in [4.69, 9.17) is 5.73 Å². The topological polar surface area (TPSA) is 88.3 Å². The molecular formula is C12H16N4O2. The second kappa shape index (κ2) is 4.64. The first kappa shape index (κ1) is 12.3. The summed E-state index contributed by atoms with van der Waals surface area (Å²) in [6.07, 6.45) is 2.17. The highest BCUT2D eigenvalue weighted by atomic mass is 16.2. The molecule has 3 N–H and O–H groups in total. The summed E-state index contributed by atoms with van der Waals surface area (Å²) in [6, 6.07) is 1.43. The molecular weight excluding hydrogens is 232 g/mol. The Labute approximate surface area is 105 Å². The molecule has 0 radical (unpaired) electrons. The molecule has 1 aromatic heterocycles. The van der Waals surface area contributed by atoms with E-state index >= 15 is 0 Å². The monoisotopic (exact) mass is 248 g/mol. The number of aromatic nitrogens is 1. The average Bonchev–Trinajstić information content (AvgIpc) is 2.32. The van der Waals surface area contributed by atoms with Gasteiger partial charge in [-0.2, -0.15) is 0 Å². The Morgan fingerprint density at radius 1 is 1.56 bits per heavy atom. The molecule has 6 nitrogen and oxygen atoms in total. The molecule has 1 saturated heterocycles. The van der Waals surface area contributed by atoms with Gasteiger partial charge in [0.05, 0.1) is 18.4 Å². The van der Waals surface area contributed by atoms with Crippen LogP contribution in [0.25, 0.3) is 0 Å². The van der Waals surface area contributed by atoms with Gasteiger partial charge in [-0.15, -0.1) is 0 Å². The van der Waals surface area contributed by atoms with E-state index in [2.05, 4.69) is 10.3 Å². The number of nitrogens with two attached hydrogens (primary N) is 1. The second-order valence-electron chi connectivity index (χ2n) is 4.36. The summed E-state index contributed by atoms with van der Waals surface area (Å²) in [6.45, 7) is 3.91. The van der Waals surface area contributed by atoms with Gasteiger partial charge in [-0.1, -0.05) is 6.92 Å². The van der Waals surface area contributed by atoms with E-state index in [1.54, 1.807) is 17.2 Å². The largest absolute Gasteiger partial charge is 0.397 e. The SMILES string of the molecule is CCC1C(=O)NC(=O)CN1c1cc(C)c(N)cn1. The third-order valence-corrected chi connectivity index (χ3v) is 3.07. The minimum absolute atomic E-state index is 0.139. The molecule has 1 unspecified atom stereocenters. The highest BCUT2D eigenvalue weighted by Crippen LogP contribution is 2.21. The van der Waals surface area contributed by atoms with Crippen LogP contribution in [0.1, 0.15) is 18.9 Å². The van der Waals surface area contributed by atoms with Gasteiger partial charge in [-0.05, 0) is 25.0 Å². The van der Waals surface area contributed by atoms with E-state index in [0.29, 0.717) is 17.9 Å². The van der Waals surface area contributed by atoms with Crippen LogP contribution in [-0.4, -0.2) is 29.4 Å². The Balaban J connectivity index is 2.36. The highest BCUT2D eigenvalue weighted by molar-refractivity contribution is 6.04. The van der Waals surface area contributed by atoms with Crippen LogP contribution in [0.5, 0.6) is 0 Å².